The van der Waals surface area contributed by atoms with Crippen LogP contribution in [0.2, 0.25) is 0 Å². The van der Waals surface area contributed by atoms with Crippen LogP contribution in [0.3, 0.4) is 0 Å². The minimum atomic E-state index is -0.268. The van der Waals surface area contributed by atoms with Gasteiger partial charge in [-0.25, -0.2) is 4.39 Å². The van der Waals surface area contributed by atoms with Crippen LogP contribution in [-0.4, -0.2) is 29.2 Å². The normalized spacial score (nSPS) is 14.8. The summed E-state index contributed by atoms with van der Waals surface area (Å²) in [6, 6.07) is 14.1. The number of rotatable bonds is 5. The molecule has 1 aliphatic heterocycles. The Labute approximate surface area is 167 Å². The number of benzene rings is 1. The number of nitrogens with zero attached hydrogens (tertiary/aromatic N) is 3. The zero-order valence-corrected chi connectivity index (χ0v) is 16.2. The molecule has 0 unspecified atom stereocenters. The maximum Gasteiger partial charge on any atom is 0.223 e. The van der Waals surface area contributed by atoms with Gasteiger partial charge in [0.2, 0.25) is 5.91 Å². The SMILES string of the molecule is O=C(NCc1cccs1)C1CCN(c2ccc(-c3ccc(F)cc3)nn2)CC1. The van der Waals surface area contributed by atoms with Gasteiger partial charge in [-0.15, -0.1) is 21.5 Å². The molecule has 144 valence electrons. The van der Waals surface area contributed by atoms with Crippen molar-refractivity contribution in [2.75, 3.05) is 18.0 Å². The van der Waals surface area contributed by atoms with Gasteiger partial charge in [-0.1, -0.05) is 6.07 Å². The maximum absolute atomic E-state index is 13.0. The number of carbonyl (C=O) groups excluding carboxylic acids is 1. The largest absolute Gasteiger partial charge is 0.355 e. The lowest BCUT2D eigenvalue weighted by Gasteiger charge is -2.31. The number of piperidine rings is 1. The van der Waals surface area contributed by atoms with Crippen LogP contribution in [0, 0.1) is 11.7 Å². The molecule has 28 heavy (non-hydrogen) atoms. The highest BCUT2D eigenvalue weighted by atomic mass is 32.1. The molecular formula is C21H21FN4OS. The minimum absolute atomic E-state index is 0.0441. The lowest BCUT2D eigenvalue weighted by molar-refractivity contribution is -0.125. The molecule has 3 heterocycles. The Bertz CT molecular complexity index is 905. The molecule has 0 atom stereocenters. The number of hydrogen-bond acceptors (Lipinski definition) is 5. The second-order valence-electron chi connectivity index (χ2n) is 6.84. The molecule has 0 saturated carbocycles. The first-order valence-corrected chi connectivity index (χ1v) is 10.2. The highest BCUT2D eigenvalue weighted by Crippen LogP contribution is 2.24. The summed E-state index contributed by atoms with van der Waals surface area (Å²) >= 11 is 1.65. The zero-order valence-electron chi connectivity index (χ0n) is 15.3. The molecule has 3 aromatic rings. The van der Waals surface area contributed by atoms with Gasteiger partial charge in [0.1, 0.15) is 5.82 Å². The van der Waals surface area contributed by atoms with Gasteiger partial charge in [-0.2, -0.15) is 0 Å². The summed E-state index contributed by atoms with van der Waals surface area (Å²) in [6.07, 6.45) is 1.61. The molecule has 5 nitrogen and oxygen atoms in total. The number of halogens is 1. The topological polar surface area (TPSA) is 58.1 Å². The van der Waals surface area contributed by atoms with Crippen LogP contribution in [0.4, 0.5) is 10.2 Å². The number of anilines is 1. The summed E-state index contributed by atoms with van der Waals surface area (Å²) in [5.74, 6) is 0.715. The van der Waals surface area contributed by atoms with E-state index in [0.29, 0.717) is 12.2 Å². The van der Waals surface area contributed by atoms with E-state index in [1.54, 1.807) is 23.5 Å². The van der Waals surface area contributed by atoms with Crippen molar-refractivity contribution in [3.8, 4) is 11.3 Å². The Balaban J connectivity index is 1.31. The van der Waals surface area contributed by atoms with Crippen LogP contribution in [0.15, 0.2) is 53.9 Å². The Morgan fingerprint density at radius 1 is 1.11 bits per heavy atom. The Hall–Kier alpha value is -2.80. The van der Waals surface area contributed by atoms with Gasteiger partial charge in [-0.3, -0.25) is 4.79 Å². The second kappa shape index (κ2) is 8.48. The maximum atomic E-state index is 13.0. The van der Waals surface area contributed by atoms with Gasteiger partial charge in [0.05, 0.1) is 12.2 Å². The fourth-order valence-corrected chi connectivity index (χ4v) is 4.02. The third-order valence-corrected chi connectivity index (χ3v) is 5.87. The van der Waals surface area contributed by atoms with Crippen LogP contribution in [-0.2, 0) is 11.3 Å². The fraction of sp³-hybridized carbons (Fsp3) is 0.286. The highest BCUT2D eigenvalue weighted by molar-refractivity contribution is 7.09. The quantitative estimate of drug-likeness (QED) is 0.711. The van der Waals surface area contributed by atoms with Crippen LogP contribution in [0.25, 0.3) is 11.3 Å². The predicted molar refractivity (Wildman–Crippen MR) is 109 cm³/mol. The van der Waals surface area contributed by atoms with Crippen LogP contribution in [0.1, 0.15) is 17.7 Å². The monoisotopic (exact) mass is 396 g/mol. The van der Waals surface area contributed by atoms with Gasteiger partial charge in [-0.05, 0) is 60.7 Å². The summed E-state index contributed by atoms with van der Waals surface area (Å²) in [7, 11) is 0. The molecule has 7 heteroatoms. The van der Waals surface area contributed by atoms with Gasteiger partial charge >= 0.3 is 0 Å². The van der Waals surface area contributed by atoms with Crippen molar-refractivity contribution in [2.45, 2.75) is 19.4 Å². The minimum Gasteiger partial charge on any atom is -0.355 e. The molecule has 4 rings (SSSR count). The first-order valence-electron chi connectivity index (χ1n) is 9.34. The fourth-order valence-electron chi connectivity index (χ4n) is 3.37. The van der Waals surface area contributed by atoms with Crippen LogP contribution in [0.5, 0.6) is 0 Å². The van der Waals surface area contributed by atoms with Crippen molar-refractivity contribution in [1.82, 2.24) is 15.5 Å². The van der Waals surface area contributed by atoms with Crippen LogP contribution < -0.4 is 10.2 Å². The lowest BCUT2D eigenvalue weighted by Crippen LogP contribution is -2.40. The third kappa shape index (κ3) is 4.36. The van der Waals surface area contributed by atoms with E-state index in [4.69, 9.17) is 0 Å². The van der Waals surface area contributed by atoms with Crippen molar-refractivity contribution in [3.05, 3.63) is 64.6 Å². The Morgan fingerprint density at radius 2 is 1.89 bits per heavy atom. The molecule has 1 aromatic carbocycles. The summed E-state index contributed by atoms with van der Waals surface area (Å²) in [5, 5.41) is 13.7. The summed E-state index contributed by atoms with van der Waals surface area (Å²) in [4.78, 5) is 15.7. The highest BCUT2D eigenvalue weighted by Gasteiger charge is 2.25. The van der Waals surface area contributed by atoms with Crippen molar-refractivity contribution in [3.63, 3.8) is 0 Å². The van der Waals surface area contributed by atoms with Gasteiger partial charge in [0, 0.05) is 29.4 Å². The standard InChI is InChI=1S/C21H21FN4OS/c22-17-5-3-15(4-6-17)19-7-8-20(25-24-19)26-11-9-16(10-12-26)21(27)23-14-18-2-1-13-28-18/h1-8,13,16H,9-12,14H2,(H,23,27). The molecule has 1 aliphatic rings. The third-order valence-electron chi connectivity index (χ3n) is 5.00. The zero-order chi connectivity index (χ0) is 19.3. The first-order chi connectivity index (χ1) is 13.7. The number of carbonyl (C=O) groups is 1. The van der Waals surface area contributed by atoms with E-state index in [1.165, 1.54) is 17.0 Å². The Kier molecular flexibility index (Phi) is 5.62. The molecule has 1 amide bonds. The summed E-state index contributed by atoms with van der Waals surface area (Å²) in [5.41, 5.74) is 1.55. The summed E-state index contributed by atoms with van der Waals surface area (Å²) < 4.78 is 13.0. The Morgan fingerprint density at radius 3 is 2.54 bits per heavy atom. The van der Waals surface area contributed by atoms with E-state index in [2.05, 4.69) is 20.4 Å². The average molecular weight is 396 g/mol. The van der Waals surface area contributed by atoms with E-state index in [0.717, 1.165) is 37.3 Å². The lowest BCUT2D eigenvalue weighted by atomic mass is 9.96. The molecule has 0 bridgehead atoms. The summed E-state index contributed by atoms with van der Waals surface area (Å²) in [6.45, 7) is 2.16. The van der Waals surface area contributed by atoms with Gasteiger partial charge in [0.25, 0.3) is 0 Å². The number of thiophene rings is 1. The average Bonchev–Trinajstić information content (AvgIpc) is 3.27. The number of hydrogen-bond donors (Lipinski definition) is 1. The van der Waals surface area contributed by atoms with E-state index in [-0.39, 0.29) is 17.6 Å². The smallest absolute Gasteiger partial charge is 0.223 e. The van der Waals surface area contributed by atoms with Gasteiger partial charge < -0.3 is 10.2 Å². The van der Waals surface area contributed by atoms with E-state index in [1.807, 2.05) is 29.6 Å². The second-order valence-corrected chi connectivity index (χ2v) is 7.87. The molecule has 0 radical (unpaired) electrons. The molecule has 1 saturated heterocycles. The molecule has 1 N–H and O–H groups in total. The van der Waals surface area contributed by atoms with Crippen molar-refractivity contribution in [1.29, 1.82) is 0 Å². The van der Waals surface area contributed by atoms with Crippen molar-refractivity contribution >= 4 is 23.1 Å². The molecular weight excluding hydrogens is 375 g/mol. The molecule has 1 fully saturated rings. The van der Waals surface area contributed by atoms with E-state index < -0.39 is 0 Å². The van der Waals surface area contributed by atoms with Crippen LogP contribution >= 0.6 is 11.3 Å². The van der Waals surface area contributed by atoms with Gasteiger partial charge in [0.15, 0.2) is 5.82 Å². The molecule has 0 aliphatic carbocycles. The van der Waals surface area contributed by atoms with E-state index in [9.17, 15) is 9.18 Å². The number of aromatic nitrogens is 2. The number of nitrogens with one attached hydrogen (secondary N) is 1. The molecule has 0 spiro atoms. The molecule has 2 aromatic heterocycles. The predicted octanol–water partition coefficient (Wildman–Crippen LogP) is 3.88. The first kappa shape index (κ1) is 18.6. The van der Waals surface area contributed by atoms with Crippen molar-refractivity contribution < 1.29 is 9.18 Å². The van der Waals surface area contributed by atoms with E-state index >= 15 is 0 Å². The van der Waals surface area contributed by atoms with Crippen molar-refractivity contribution in [2.24, 2.45) is 5.92 Å². The number of amides is 1.